The van der Waals surface area contributed by atoms with Crippen LogP contribution in [0, 0.1) is 21.4 Å². The number of ether oxygens (including phenoxy) is 1. The van der Waals surface area contributed by atoms with E-state index in [1.54, 1.807) is 22.9 Å². The van der Waals surface area contributed by atoms with Crippen molar-refractivity contribution in [2.24, 2.45) is 0 Å². The Labute approximate surface area is 170 Å². The van der Waals surface area contributed by atoms with Gasteiger partial charge in [0.2, 0.25) is 5.78 Å². The Morgan fingerprint density at radius 3 is 2.72 bits per heavy atom. The van der Waals surface area contributed by atoms with Gasteiger partial charge < -0.3 is 9.30 Å². The van der Waals surface area contributed by atoms with E-state index < -0.39 is 29.0 Å². The summed E-state index contributed by atoms with van der Waals surface area (Å²) in [6.45, 7) is -0.0972. The van der Waals surface area contributed by atoms with E-state index in [0.29, 0.717) is 17.5 Å². The van der Waals surface area contributed by atoms with Crippen LogP contribution in [0.1, 0.15) is 27.1 Å². The molecule has 0 bridgehead atoms. The number of halogens is 1. The van der Waals surface area contributed by atoms with Crippen LogP contribution >= 0.6 is 11.6 Å². The molecule has 0 radical (unpaired) electrons. The van der Waals surface area contributed by atoms with E-state index in [4.69, 9.17) is 21.6 Å². The highest BCUT2D eigenvalue weighted by molar-refractivity contribution is 6.32. The Balaban J connectivity index is 1.78. The van der Waals surface area contributed by atoms with E-state index >= 15 is 0 Å². The largest absolute Gasteiger partial charge is 0.454 e. The molecular formula is C20H14ClN3O5. The molecule has 0 atom stereocenters. The third-order valence-electron chi connectivity index (χ3n) is 4.27. The number of Topliss-reactive ketones (excluding diaryl/α,β-unsaturated/α-hetero) is 1. The molecule has 29 heavy (non-hydrogen) atoms. The van der Waals surface area contributed by atoms with Crippen molar-refractivity contribution >= 4 is 39.9 Å². The Morgan fingerprint density at radius 1 is 1.24 bits per heavy atom. The van der Waals surface area contributed by atoms with Crippen molar-refractivity contribution in [3.63, 3.8) is 0 Å². The quantitative estimate of drug-likeness (QED) is 0.249. The number of nitriles is 1. The first-order chi connectivity index (χ1) is 13.9. The maximum absolute atomic E-state index is 12.6. The number of aryl methyl sites for hydroxylation is 1. The molecule has 0 saturated carbocycles. The van der Waals surface area contributed by atoms with Gasteiger partial charge in [0, 0.05) is 35.3 Å². The zero-order valence-electron chi connectivity index (χ0n) is 15.0. The minimum atomic E-state index is -0.869. The second-order valence-electron chi connectivity index (χ2n) is 6.08. The lowest BCUT2D eigenvalue weighted by Crippen LogP contribution is -2.14. The number of esters is 1. The Morgan fingerprint density at radius 2 is 2.00 bits per heavy atom. The number of hydrogen-bond donors (Lipinski definition) is 0. The highest BCUT2D eigenvalue weighted by atomic mass is 35.5. The summed E-state index contributed by atoms with van der Waals surface area (Å²) in [7, 11) is 0. The number of para-hydroxylation sites is 1. The fourth-order valence-corrected chi connectivity index (χ4v) is 3.08. The van der Waals surface area contributed by atoms with Gasteiger partial charge in [0.1, 0.15) is 5.02 Å². The third-order valence-corrected chi connectivity index (χ3v) is 4.59. The number of aromatic nitrogens is 1. The molecule has 0 amide bonds. The number of nitro benzene ring substituents is 1. The monoisotopic (exact) mass is 411 g/mol. The molecule has 0 N–H and O–H groups in total. The number of carbonyl (C=O) groups is 2. The van der Waals surface area contributed by atoms with Gasteiger partial charge in [-0.2, -0.15) is 5.26 Å². The number of hydrogen-bond acceptors (Lipinski definition) is 6. The zero-order chi connectivity index (χ0) is 21.0. The van der Waals surface area contributed by atoms with Gasteiger partial charge in [-0.25, -0.2) is 4.79 Å². The number of fused-ring (bicyclic) bond motifs is 1. The zero-order valence-corrected chi connectivity index (χ0v) is 15.8. The molecule has 1 heterocycles. The number of nitro groups is 1. The van der Waals surface area contributed by atoms with E-state index in [-0.39, 0.29) is 17.0 Å². The number of rotatable bonds is 7. The molecule has 0 fully saturated rings. The van der Waals surface area contributed by atoms with Crippen LogP contribution in [-0.2, 0) is 11.3 Å². The molecule has 146 valence electrons. The lowest BCUT2D eigenvalue weighted by atomic mass is 10.1. The van der Waals surface area contributed by atoms with Crippen LogP contribution in [-0.4, -0.2) is 27.8 Å². The van der Waals surface area contributed by atoms with Gasteiger partial charge in [-0.1, -0.05) is 29.8 Å². The Kier molecular flexibility index (Phi) is 5.90. The van der Waals surface area contributed by atoms with E-state index in [2.05, 4.69) is 6.07 Å². The summed E-state index contributed by atoms with van der Waals surface area (Å²) < 4.78 is 6.84. The molecule has 0 saturated heterocycles. The first kappa shape index (κ1) is 20.0. The normalized spacial score (nSPS) is 10.5. The molecule has 3 rings (SSSR count). The van der Waals surface area contributed by atoms with Crippen molar-refractivity contribution in [2.45, 2.75) is 13.0 Å². The van der Waals surface area contributed by atoms with Crippen LogP contribution in [0.4, 0.5) is 5.69 Å². The van der Waals surface area contributed by atoms with Crippen molar-refractivity contribution < 1.29 is 19.2 Å². The number of ketones is 1. The minimum Gasteiger partial charge on any atom is -0.454 e. The fourth-order valence-electron chi connectivity index (χ4n) is 2.90. The molecule has 0 spiro atoms. The van der Waals surface area contributed by atoms with Gasteiger partial charge in [-0.05, 0) is 18.2 Å². The average Bonchev–Trinajstić information content (AvgIpc) is 3.09. The van der Waals surface area contributed by atoms with Crippen molar-refractivity contribution in [3.05, 3.63) is 74.9 Å². The van der Waals surface area contributed by atoms with Crippen molar-refractivity contribution in [1.82, 2.24) is 4.57 Å². The van der Waals surface area contributed by atoms with Gasteiger partial charge in [0.05, 0.1) is 23.0 Å². The molecule has 9 heteroatoms. The maximum Gasteiger partial charge on any atom is 0.338 e. The van der Waals surface area contributed by atoms with Crippen LogP contribution in [0.3, 0.4) is 0 Å². The summed E-state index contributed by atoms with van der Waals surface area (Å²) in [5.41, 5.74) is 0.664. The van der Waals surface area contributed by atoms with Crippen molar-refractivity contribution in [1.29, 1.82) is 5.26 Å². The number of nitrogens with zero attached hydrogens (tertiary/aromatic N) is 3. The summed E-state index contributed by atoms with van der Waals surface area (Å²) in [4.78, 5) is 35.1. The Bertz CT molecular complexity index is 1160. The maximum atomic E-state index is 12.6. The fraction of sp³-hybridized carbons (Fsp3) is 0.150. The highest BCUT2D eigenvalue weighted by Gasteiger charge is 2.20. The van der Waals surface area contributed by atoms with Crippen LogP contribution in [0.5, 0.6) is 0 Å². The van der Waals surface area contributed by atoms with Gasteiger partial charge in [0.15, 0.2) is 6.61 Å². The molecule has 0 aliphatic rings. The molecule has 0 aliphatic heterocycles. The van der Waals surface area contributed by atoms with Crippen molar-refractivity contribution in [2.75, 3.05) is 6.61 Å². The van der Waals surface area contributed by atoms with Crippen LogP contribution in [0.25, 0.3) is 10.9 Å². The molecule has 0 unspecified atom stereocenters. The smallest absolute Gasteiger partial charge is 0.338 e. The molecule has 0 aliphatic carbocycles. The second kappa shape index (κ2) is 8.54. The van der Waals surface area contributed by atoms with Crippen molar-refractivity contribution in [3.8, 4) is 6.07 Å². The van der Waals surface area contributed by atoms with Gasteiger partial charge >= 0.3 is 5.97 Å². The summed E-state index contributed by atoms with van der Waals surface area (Å²) >= 11 is 5.73. The highest BCUT2D eigenvalue weighted by Crippen LogP contribution is 2.26. The third kappa shape index (κ3) is 4.25. The topological polar surface area (TPSA) is 115 Å². The average molecular weight is 412 g/mol. The second-order valence-corrected chi connectivity index (χ2v) is 6.49. The number of benzene rings is 2. The predicted molar refractivity (Wildman–Crippen MR) is 105 cm³/mol. The van der Waals surface area contributed by atoms with Gasteiger partial charge in [0.25, 0.3) is 5.69 Å². The van der Waals surface area contributed by atoms with Crippen LogP contribution in [0.15, 0.2) is 48.7 Å². The SMILES string of the molecule is N#CCCn1cc(C(=O)COC(=O)c2ccc(Cl)c([N+](=O)[O-])c2)c2ccccc21. The predicted octanol–water partition coefficient (Wildman–Crippen LogP) is 4.16. The summed E-state index contributed by atoms with van der Waals surface area (Å²) in [6, 6.07) is 12.8. The van der Waals surface area contributed by atoms with E-state index in [0.717, 1.165) is 11.6 Å². The molecule has 1 aromatic heterocycles. The first-order valence-corrected chi connectivity index (χ1v) is 8.89. The Hall–Kier alpha value is -3.70. The molecule has 3 aromatic rings. The van der Waals surface area contributed by atoms with Crippen LogP contribution < -0.4 is 0 Å². The van der Waals surface area contributed by atoms with Crippen LogP contribution in [0.2, 0.25) is 5.02 Å². The lowest BCUT2D eigenvalue weighted by Gasteiger charge is -2.04. The number of carbonyl (C=O) groups excluding carboxylic acids is 2. The standard InChI is InChI=1S/C20H14ClN3O5/c21-16-7-6-13(10-18(16)24(27)28)20(26)29-12-19(25)15-11-23(9-3-8-22)17-5-2-1-4-14(15)17/h1-2,4-7,10-11H,3,9,12H2. The summed E-state index contributed by atoms with van der Waals surface area (Å²) in [5, 5.41) is 20.3. The van der Waals surface area contributed by atoms with E-state index in [9.17, 15) is 19.7 Å². The first-order valence-electron chi connectivity index (χ1n) is 8.51. The van der Waals surface area contributed by atoms with Gasteiger partial charge in [-0.15, -0.1) is 0 Å². The summed E-state index contributed by atoms with van der Waals surface area (Å²) in [6.07, 6.45) is 1.92. The molecule has 8 nitrogen and oxygen atoms in total. The summed E-state index contributed by atoms with van der Waals surface area (Å²) in [5.74, 6) is -1.29. The molecular weight excluding hydrogens is 398 g/mol. The lowest BCUT2D eigenvalue weighted by molar-refractivity contribution is -0.384. The minimum absolute atomic E-state index is 0.0784. The van der Waals surface area contributed by atoms with Gasteiger partial charge in [-0.3, -0.25) is 14.9 Å². The molecule has 2 aromatic carbocycles. The van der Waals surface area contributed by atoms with E-state index in [1.807, 2.05) is 12.1 Å². The van der Waals surface area contributed by atoms with E-state index in [1.165, 1.54) is 12.1 Å².